The smallest absolute Gasteiger partial charge is 0.251 e. The molecule has 1 N–H and O–H groups in total. The molecule has 2 nitrogen and oxygen atoms in total. The molecular weight excluding hydrogens is 234 g/mol. The van der Waals surface area contributed by atoms with Gasteiger partial charge in [0.05, 0.1) is 6.54 Å². The zero-order valence-corrected chi connectivity index (χ0v) is 10.00. The summed E-state index contributed by atoms with van der Waals surface area (Å²) < 4.78 is 0. The Morgan fingerprint density at radius 3 is 2.59 bits per heavy atom. The molecule has 0 heterocycles. The molecule has 0 saturated carbocycles. The molecule has 0 spiro atoms. The number of hydrogen-bond donors (Lipinski definition) is 1. The first-order valence-electron chi connectivity index (χ1n) is 5.27. The average molecular weight is 246 g/mol. The summed E-state index contributed by atoms with van der Waals surface area (Å²) in [5, 5.41) is 5.27. The molecular formula is C14H12ClNO. The van der Waals surface area contributed by atoms with E-state index < -0.39 is 0 Å². The molecule has 17 heavy (non-hydrogen) atoms. The Hall–Kier alpha value is -1.80. The van der Waals surface area contributed by atoms with Gasteiger partial charge >= 0.3 is 0 Å². The number of hydrogen-bond acceptors (Lipinski definition) is 1. The van der Waals surface area contributed by atoms with Crippen LogP contribution >= 0.6 is 11.6 Å². The molecule has 0 aliphatic rings. The van der Waals surface area contributed by atoms with Gasteiger partial charge in [-0.05, 0) is 22.9 Å². The number of benzene rings is 2. The Balaban J connectivity index is 2.24. The lowest BCUT2D eigenvalue weighted by atomic mass is 10.1. The van der Waals surface area contributed by atoms with Crippen LogP contribution in [0.15, 0.2) is 54.1 Å². The maximum absolute atomic E-state index is 11.8. The molecule has 2 rings (SSSR count). The molecule has 86 valence electrons. The molecule has 2 aromatic carbocycles. The maximum Gasteiger partial charge on any atom is 0.251 e. The summed E-state index contributed by atoms with van der Waals surface area (Å²) in [6.45, 7) is 3.81. The van der Waals surface area contributed by atoms with E-state index in [9.17, 15) is 4.79 Å². The van der Waals surface area contributed by atoms with Crippen LogP contribution in [-0.4, -0.2) is 12.5 Å². The van der Waals surface area contributed by atoms with Crippen molar-refractivity contribution in [2.75, 3.05) is 6.54 Å². The first-order valence-corrected chi connectivity index (χ1v) is 5.65. The van der Waals surface area contributed by atoms with Gasteiger partial charge in [0.25, 0.3) is 5.91 Å². The van der Waals surface area contributed by atoms with Gasteiger partial charge in [0.15, 0.2) is 0 Å². The number of fused-ring (bicyclic) bond motifs is 1. The van der Waals surface area contributed by atoms with Gasteiger partial charge < -0.3 is 5.32 Å². The van der Waals surface area contributed by atoms with E-state index in [2.05, 4.69) is 11.9 Å². The highest BCUT2D eigenvalue weighted by Gasteiger charge is 2.05. The molecule has 0 bridgehead atoms. The van der Waals surface area contributed by atoms with Crippen molar-refractivity contribution in [2.45, 2.75) is 0 Å². The summed E-state index contributed by atoms with van der Waals surface area (Å²) >= 11 is 5.60. The third-order valence-corrected chi connectivity index (χ3v) is 2.59. The van der Waals surface area contributed by atoms with E-state index in [1.165, 1.54) is 0 Å². The van der Waals surface area contributed by atoms with E-state index in [-0.39, 0.29) is 12.5 Å². The molecule has 2 aromatic rings. The predicted octanol–water partition coefficient (Wildman–Crippen LogP) is 3.32. The van der Waals surface area contributed by atoms with Crippen LogP contribution in [0, 0.1) is 0 Å². The molecule has 3 heteroatoms. The lowest BCUT2D eigenvalue weighted by Crippen LogP contribution is -2.24. The molecule has 0 radical (unpaired) electrons. The van der Waals surface area contributed by atoms with Crippen LogP contribution in [0.4, 0.5) is 0 Å². The zero-order chi connectivity index (χ0) is 12.3. The number of rotatable bonds is 3. The van der Waals surface area contributed by atoms with Crippen molar-refractivity contribution in [3.8, 4) is 0 Å². The quantitative estimate of drug-likeness (QED) is 0.883. The molecule has 0 aliphatic heterocycles. The van der Waals surface area contributed by atoms with Crippen LogP contribution in [0.25, 0.3) is 10.8 Å². The van der Waals surface area contributed by atoms with E-state index in [1.807, 2.05) is 36.4 Å². The highest BCUT2D eigenvalue weighted by atomic mass is 35.5. The van der Waals surface area contributed by atoms with Gasteiger partial charge in [0.1, 0.15) is 0 Å². The SMILES string of the molecule is C=C(Cl)CNC(=O)c1ccc2ccccc2c1. The Labute approximate surface area is 105 Å². The minimum absolute atomic E-state index is 0.141. The monoisotopic (exact) mass is 245 g/mol. The Kier molecular flexibility index (Phi) is 3.45. The van der Waals surface area contributed by atoms with Crippen molar-refractivity contribution < 1.29 is 4.79 Å². The van der Waals surface area contributed by atoms with E-state index in [4.69, 9.17) is 11.6 Å². The minimum atomic E-state index is -0.141. The second kappa shape index (κ2) is 5.02. The average Bonchev–Trinajstić information content (AvgIpc) is 2.35. The fourth-order valence-corrected chi connectivity index (χ4v) is 1.68. The normalized spacial score (nSPS) is 10.2. The van der Waals surface area contributed by atoms with Gasteiger partial charge in [-0.2, -0.15) is 0 Å². The summed E-state index contributed by atoms with van der Waals surface area (Å²) in [6.07, 6.45) is 0. The molecule has 0 unspecified atom stereocenters. The highest BCUT2D eigenvalue weighted by molar-refractivity contribution is 6.29. The number of carbonyl (C=O) groups excluding carboxylic acids is 1. The summed E-state index contributed by atoms with van der Waals surface area (Å²) in [5.41, 5.74) is 0.626. The van der Waals surface area contributed by atoms with E-state index in [1.54, 1.807) is 6.07 Å². The van der Waals surface area contributed by atoms with Gasteiger partial charge in [-0.25, -0.2) is 0 Å². The predicted molar refractivity (Wildman–Crippen MR) is 71.3 cm³/mol. The second-order valence-electron chi connectivity index (χ2n) is 3.76. The first kappa shape index (κ1) is 11.7. The molecule has 0 fully saturated rings. The summed E-state index contributed by atoms with van der Waals surface area (Å²) in [6, 6.07) is 13.5. The summed E-state index contributed by atoms with van der Waals surface area (Å²) in [5.74, 6) is -0.141. The van der Waals surface area contributed by atoms with Crippen molar-refractivity contribution in [1.29, 1.82) is 0 Å². The second-order valence-corrected chi connectivity index (χ2v) is 4.30. The van der Waals surface area contributed by atoms with Crippen LogP contribution < -0.4 is 5.32 Å². The van der Waals surface area contributed by atoms with Crippen molar-refractivity contribution in [3.63, 3.8) is 0 Å². The standard InChI is InChI=1S/C14H12ClNO/c1-10(15)9-16-14(17)13-7-6-11-4-2-3-5-12(11)8-13/h2-8H,1,9H2,(H,16,17). The number of halogens is 1. The van der Waals surface area contributed by atoms with E-state index in [0.29, 0.717) is 10.6 Å². The van der Waals surface area contributed by atoms with Gasteiger partial charge in [-0.1, -0.05) is 48.5 Å². The lowest BCUT2D eigenvalue weighted by molar-refractivity contribution is 0.0958. The fourth-order valence-electron chi connectivity index (χ4n) is 1.61. The van der Waals surface area contributed by atoms with Gasteiger partial charge in [0.2, 0.25) is 0 Å². The molecule has 0 aliphatic carbocycles. The van der Waals surface area contributed by atoms with E-state index >= 15 is 0 Å². The lowest BCUT2D eigenvalue weighted by Gasteiger charge is -2.05. The minimum Gasteiger partial charge on any atom is -0.347 e. The largest absolute Gasteiger partial charge is 0.347 e. The van der Waals surface area contributed by atoms with Crippen LogP contribution in [0.2, 0.25) is 0 Å². The van der Waals surface area contributed by atoms with Crippen molar-refractivity contribution in [1.82, 2.24) is 5.32 Å². The maximum atomic E-state index is 11.8. The molecule has 1 amide bonds. The molecule has 0 aromatic heterocycles. The Morgan fingerprint density at radius 2 is 1.88 bits per heavy atom. The Morgan fingerprint density at radius 1 is 1.18 bits per heavy atom. The third-order valence-electron chi connectivity index (χ3n) is 2.45. The van der Waals surface area contributed by atoms with Crippen LogP contribution in [-0.2, 0) is 0 Å². The number of nitrogens with one attached hydrogen (secondary N) is 1. The fraction of sp³-hybridized carbons (Fsp3) is 0.0714. The number of amides is 1. The third kappa shape index (κ3) is 2.86. The number of carbonyl (C=O) groups is 1. The van der Waals surface area contributed by atoms with Gasteiger partial charge in [-0.3, -0.25) is 4.79 Å². The van der Waals surface area contributed by atoms with Gasteiger partial charge in [-0.15, -0.1) is 0 Å². The first-order chi connectivity index (χ1) is 8.16. The van der Waals surface area contributed by atoms with Crippen LogP contribution in [0.1, 0.15) is 10.4 Å². The molecule has 0 saturated heterocycles. The van der Waals surface area contributed by atoms with Crippen LogP contribution in [0.3, 0.4) is 0 Å². The zero-order valence-electron chi connectivity index (χ0n) is 9.24. The van der Waals surface area contributed by atoms with E-state index in [0.717, 1.165) is 10.8 Å². The highest BCUT2D eigenvalue weighted by Crippen LogP contribution is 2.15. The van der Waals surface area contributed by atoms with Gasteiger partial charge in [0, 0.05) is 10.6 Å². The Bertz CT molecular complexity index is 577. The van der Waals surface area contributed by atoms with Crippen molar-refractivity contribution in [3.05, 3.63) is 59.6 Å². The van der Waals surface area contributed by atoms with Crippen LogP contribution in [0.5, 0.6) is 0 Å². The summed E-state index contributed by atoms with van der Waals surface area (Å²) in [4.78, 5) is 11.8. The molecule has 0 atom stereocenters. The van der Waals surface area contributed by atoms with Crippen molar-refractivity contribution >= 4 is 28.3 Å². The van der Waals surface area contributed by atoms with Crippen molar-refractivity contribution in [2.24, 2.45) is 0 Å². The summed E-state index contributed by atoms with van der Waals surface area (Å²) in [7, 11) is 0. The topological polar surface area (TPSA) is 29.1 Å².